The molecule has 34 heavy (non-hydrogen) atoms. The zero-order valence-electron chi connectivity index (χ0n) is 20.3. The molecule has 0 aromatic heterocycles. The van der Waals surface area contributed by atoms with Gasteiger partial charge in [-0.1, -0.05) is 12.1 Å². The smallest absolute Gasteiger partial charge is 0.254 e. The molecule has 0 bridgehead atoms. The molecule has 2 aromatic carbocycles. The monoisotopic (exact) mass is 464 g/mol. The second kappa shape index (κ2) is 9.85. The first kappa shape index (κ1) is 23.8. The number of aryl methyl sites for hydroxylation is 1. The minimum Gasteiger partial charge on any atom is -0.495 e. The lowest BCUT2D eigenvalue weighted by Gasteiger charge is -2.32. The van der Waals surface area contributed by atoms with Crippen LogP contribution >= 0.6 is 0 Å². The molecule has 2 aromatic rings. The van der Waals surface area contributed by atoms with Crippen LogP contribution < -0.4 is 15.0 Å². The number of nitrogens with one attached hydrogen (secondary N) is 1. The summed E-state index contributed by atoms with van der Waals surface area (Å²) in [4.78, 5) is 44.6. The number of amides is 3. The largest absolute Gasteiger partial charge is 0.495 e. The molecule has 0 saturated carbocycles. The number of carbonyl (C=O) groups excluding carboxylic acids is 3. The lowest BCUT2D eigenvalue weighted by atomic mass is 10.1. The molecule has 2 saturated heterocycles. The number of carbonyl (C=O) groups is 3. The molecule has 2 heterocycles. The van der Waals surface area contributed by atoms with E-state index in [2.05, 4.69) is 10.2 Å². The third-order valence-electron chi connectivity index (χ3n) is 6.86. The zero-order chi connectivity index (χ0) is 24.4. The van der Waals surface area contributed by atoms with Crippen LogP contribution in [0.1, 0.15) is 27.9 Å². The number of likely N-dealkylation sites (N-methyl/N-ethyl adjacent to an activating group) is 1. The highest BCUT2D eigenvalue weighted by atomic mass is 16.5. The fraction of sp³-hybridized carbons (Fsp3) is 0.423. The Balaban J connectivity index is 1.49. The SMILES string of the molecule is COc1ccc(C(=O)N2CCN(C)CC2)cc1NC(=O)C1CC(=O)N(c2cccc(C)c2C)C1. The number of hydrogen-bond acceptors (Lipinski definition) is 5. The third kappa shape index (κ3) is 4.77. The molecule has 1 atom stereocenters. The second-order valence-electron chi connectivity index (χ2n) is 9.12. The Hall–Kier alpha value is -3.39. The molecule has 2 aliphatic heterocycles. The van der Waals surface area contributed by atoms with Crippen molar-refractivity contribution in [2.45, 2.75) is 20.3 Å². The number of methoxy groups -OCH3 is 1. The first-order chi connectivity index (χ1) is 16.3. The molecule has 2 fully saturated rings. The van der Waals surface area contributed by atoms with Crippen LogP contribution in [0.25, 0.3) is 0 Å². The number of benzene rings is 2. The number of ether oxygens (including phenoxy) is 1. The van der Waals surface area contributed by atoms with E-state index < -0.39 is 5.92 Å². The maximum absolute atomic E-state index is 13.1. The Kier molecular flexibility index (Phi) is 6.88. The molecule has 0 aliphatic carbocycles. The Bertz CT molecular complexity index is 1110. The Morgan fingerprint density at radius 2 is 1.79 bits per heavy atom. The summed E-state index contributed by atoms with van der Waals surface area (Å²) in [6.07, 6.45) is 0.140. The second-order valence-corrected chi connectivity index (χ2v) is 9.12. The van der Waals surface area contributed by atoms with Crippen molar-refractivity contribution in [2.75, 3.05) is 57.1 Å². The van der Waals surface area contributed by atoms with Crippen LogP contribution in [0, 0.1) is 19.8 Å². The first-order valence-corrected chi connectivity index (χ1v) is 11.6. The predicted molar refractivity (Wildman–Crippen MR) is 131 cm³/mol. The van der Waals surface area contributed by atoms with Crippen LogP contribution in [-0.2, 0) is 9.59 Å². The van der Waals surface area contributed by atoms with Gasteiger partial charge in [-0.3, -0.25) is 14.4 Å². The maximum Gasteiger partial charge on any atom is 0.254 e. The van der Waals surface area contributed by atoms with E-state index in [1.165, 1.54) is 7.11 Å². The Morgan fingerprint density at radius 1 is 1.06 bits per heavy atom. The average Bonchev–Trinajstić information content (AvgIpc) is 3.22. The summed E-state index contributed by atoms with van der Waals surface area (Å²) < 4.78 is 5.42. The van der Waals surface area contributed by atoms with Crippen molar-refractivity contribution < 1.29 is 19.1 Å². The lowest BCUT2D eigenvalue weighted by molar-refractivity contribution is -0.122. The summed E-state index contributed by atoms with van der Waals surface area (Å²) in [5, 5.41) is 2.91. The van der Waals surface area contributed by atoms with Gasteiger partial charge >= 0.3 is 0 Å². The summed E-state index contributed by atoms with van der Waals surface area (Å²) in [7, 11) is 3.56. The minimum atomic E-state index is -0.492. The highest BCUT2D eigenvalue weighted by molar-refractivity contribution is 6.05. The topological polar surface area (TPSA) is 82.2 Å². The number of rotatable bonds is 5. The van der Waals surface area contributed by atoms with Gasteiger partial charge in [0.15, 0.2) is 0 Å². The van der Waals surface area contributed by atoms with Crippen molar-refractivity contribution in [3.05, 3.63) is 53.1 Å². The first-order valence-electron chi connectivity index (χ1n) is 11.6. The van der Waals surface area contributed by atoms with Gasteiger partial charge in [0.05, 0.1) is 18.7 Å². The molecule has 4 rings (SSSR count). The van der Waals surface area contributed by atoms with E-state index in [-0.39, 0.29) is 24.1 Å². The Labute approximate surface area is 200 Å². The number of anilines is 2. The van der Waals surface area contributed by atoms with Gasteiger partial charge in [-0.2, -0.15) is 0 Å². The molecule has 180 valence electrons. The van der Waals surface area contributed by atoms with Crippen LogP contribution in [0.4, 0.5) is 11.4 Å². The summed E-state index contributed by atoms with van der Waals surface area (Å²) in [6, 6.07) is 10.9. The van der Waals surface area contributed by atoms with Gasteiger partial charge in [0.2, 0.25) is 11.8 Å². The van der Waals surface area contributed by atoms with Gasteiger partial charge < -0.3 is 24.8 Å². The molecule has 1 N–H and O–H groups in total. The van der Waals surface area contributed by atoms with Gasteiger partial charge in [-0.25, -0.2) is 0 Å². The quantitative estimate of drug-likeness (QED) is 0.736. The van der Waals surface area contributed by atoms with Gasteiger partial charge in [-0.15, -0.1) is 0 Å². The van der Waals surface area contributed by atoms with E-state index in [4.69, 9.17) is 4.74 Å². The van der Waals surface area contributed by atoms with Crippen molar-refractivity contribution in [3.8, 4) is 5.75 Å². The molecule has 0 spiro atoms. The maximum atomic E-state index is 13.1. The van der Waals surface area contributed by atoms with Crippen LogP contribution in [-0.4, -0.2) is 74.4 Å². The van der Waals surface area contributed by atoms with E-state index in [0.717, 1.165) is 29.9 Å². The van der Waals surface area contributed by atoms with Crippen molar-refractivity contribution in [3.63, 3.8) is 0 Å². The molecule has 2 aliphatic rings. The fourth-order valence-electron chi connectivity index (χ4n) is 4.51. The molecule has 8 heteroatoms. The molecular formula is C26H32N4O4. The highest BCUT2D eigenvalue weighted by Crippen LogP contribution is 2.31. The standard InChI is InChI=1S/C26H32N4O4/c1-17-6-5-7-22(18(17)2)30-16-20(15-24(30)31)25(32)27-21-14-19(8-9-23(21)34-4)26(33)29-12-10-28(3)11-13-29/h5-9,14,20H,10-13,15-16H2,1-4H3,(H,27,32). The summed E-state index contributed by atoms with van der Waals surface area (Å²) in [6.45, 7) is 7.31. The summed E-state index contributed by atoms with van der Waals surface area (Å²) in [5.41, 5.74) is 3.92. The van der Waals surface area contributed by atoms with E-state index in [1.807, 2.05) is 44.0 Å². The van der Waals surface area contributed by atoms with Gasteiger partial charge in [0.25, 0.3) is 5.91 Å². The van der Waals surface area contributed by atoms with E-state index in [0.29, 0.717) is 36.6 Å². The summed E-state index contributed by atoms with van der Waals surface area (Å²) >= 11 is 0. The van der Waals surface area contributed by atoms with Crippen LogP contribution in [0.3, 0.4) is 0 Å². The molecule has 0 radical (unpaired) electrons. The Morgan fingerprint density at radius 3 is 2.50 bits per heavy atom. The highest BCUT2D eigenvalue weighted by Gasteiger charge is 2.36. The van der Waals surface area contributed by atoms with Crippen molar-refractivity contribution in [1.82, 2.24) is 9.80 Å². The lowest BCUT2D eigenvalue weighted by Crippen LogP contribution is -2.47. The number of nitrogens with zero attached hydrogens (tertiary/aromatic N) is 3. The minimum absolute atomic E-state index is 0.0663. The molecule has 8 nitrogen and oxygen atoms in total. The van der Waals surface area contributed by atoms with Crippen LogP contribution in [0.15, 0.2) is 36.4 Å². The van der Waals surface area contributed by atoms with E-state index in [1.54, 1.807) is 23.1 Å². The van der Waals surface area contributed by atoms with Crippen LogP contribution in [0.5, 0.6) is 5.75 Å². The average molecular weight is 465 g/mol. The van der Waals surface area contributed by atoms with Gasteiger partial charge in [-0.05, 0) is 56.3 Å². The third-order valence-corrected chi connectivity index (χ3v) is 6.86. The predicted octanol–water partition coefficient (Wildman–Crippen LogP) is 2.69. The number of hydrogen-bond donors (Lipinski definition) is 1. The fourth-order valence-corrected chi connectivity index (χ4v) is 4.51. The van der Waals surface area contributed by atoms with Gasteiger partial charge in [0.1, 0.15) is 5.75 Å². The van der Waals surface area contributed by atoms with E-state index >= 15 is 0 Å². The van der Waals surface area contributed by atoms with E-state index in [9.17, 15) is 14.4 Å². The van der Waals surface area contributed by atoms with Crippen molar-refractivity contribution in [2.24, 2.45) is 5.92 Å². The zero-order valence-corrected chi connectivity index (χ0v) is 20.3. The summed E-state index contributed by atoms with van der Waals surface area (Å²) in [5.74, 6) is -0.417. The van der Waals surface area contributed by atoms with Crippen LogP contribution in [0.2, 0.25) is 0 Å². The van der Waals surface area contributed by atoms with Crippen molar-refractivity contribution in [1.29, 1.82) is 0 Å². The molecule has 1 unspecified atom stereocenters. The van der Waals surface area contributed by atoms with Crippen molar-refractivity contribution >= 4 is 29.1 Å². The number of piperazine rings is 1. The normalized spacial score (nSPS) is 18.8. The van der Waals surface area contributed by atoms with Gasteiger partial charge in [0, 0.05) is 50.4 Å². The molecule has 3 amide bonds. The molecular weight excluding hydrogens is 432 g/mol.